The van der Waals surface area contributed by atoms with Gasteiger partial charge in [0.1, 0.15) is 0 Å². The molecule has 0 radical (unpaired) electrons. The minimum absolute atomic E-state index is 0.0925. The molecule has 1 heterocycles. The normalized spacial score (nSPS) is 20.9. The Hall–Kier alpha value is -2.68. The van der Waals surface area contributed by atoms with Crippen molar-refractivity contribution in [3.05, 3.63) is 81.9 Å². The number of nitrogens with one attached hydrogen (secondary N) is 1. The first-order valence-corrected chi connectivity index (χ1v) is 8.35. The van der Waals surface area contributed by atoms with Gasteiger partial charge in [-0.3, -0.25) is 4.79 Å². The average molecular weight is 316 g/mol. The monoisotopic (exact) mass is 316 g/mol. The molecular weight excluding hydrogens is 296 g/mol. The van der Waals surface area contributed by atoms with Crippen molar-refractivity contribution in [3.63, 3.8) is 0 Å². The predicted octanol–water partition coefficient (Wildman–Crippen LogP) is 3.73. The number of carbonyl (C=O) groups excluding carboxylic acids is 1. The van der Waals surface area contributed by atoms with Crippen LogP contribution in [-0.2, 0) is 6.42 Å². The SMILES string of the molecule is Cc1ccc(C2=NNC(/C=C3\Cc4ccccc4C3=O)C2)cc1C. The summed E-state index contributed by atoms with van der Waals surface area (Å²) >= 11 is 0. The second kappa shape index (κ2) is 5.75. The van der Waals surface area contributed by atoms with Crippen LogP contribution in [0.1, 0.15) is 39.0 Å². The average Bonchev–Trinajstić information content (AvgIpc) is 3.16. The van der Waals surface area contributed by atoms with E-state index in [9.17, 15) is 4.79 Å². The van der Waals surface area contributed by atoms with Gasteiger partial charge in [0.15, 0.2) is 5.78 Å². The minimum atomic E-state index is 0.0925. The first kappa shape index (κ1) is 14.9. The van der Waals surface area contributed by atoms with Gasteiger partial charge in [0, 0.05) is 24.0 Å². The molecule has 120 valence electrons. The van der Waals surface area contributed by atoms with Gasteiger partial charge in [-0.2, -0.15) is 5.10 Å². The molecule has 0 fully saturated rings. The maximum atomic E-state index is 12.5. The van der Waals surface area contributed by atoms with Gasteiger partial charge in [0.05, 0.1) is 11.8 Å². The number of carbonyl (C=O) groups is 1. The summed E-state index contributed by atoms with van der Waals surface area (Å²) in [7, 11) is 0. The van der Waals surface area contributed by atoms with Crippen LogP contribution in [0.2, 0.25) is 0 Å². The van der Waals surface area contributed by atoms with Gasteiger partial charge in [0.2, 0.25) is 0 Å². The molecule has 3 nitrogen and oxygen atoms in total. The third kappa shape index (κ3) is 2.56. The highest BCUT2D eigenvalue weighted by molar-refractivity contribution is 6.13. The summed E-state index contributed by atoms with van der Waals surface area (Å²) in [5.74, 6) is 0.159. The fourth-order valence-electron chi connectivity index (χ4n) is 3.39. The van der Waals surface area contributed by atoms with E-state index in [1.165, 1.54) is 11.1 Å². The van der Waals surface area contributed by atoms with Crippen molar-refractivity contribution in [2.45, 2.75) is 32.7 Å². The summed E-state index contributed by atoms with van der Waals surface area (Å²) in [6.45, 7) is 4.24. The van der Waals surface area contributed by atoms with Crippen molar-refractivity contribution < 1.29 is 4.79 Å². The molecule has 1 aliphatic heterocycles. The standard InChI is InChI=1S/C21H20N2O/c1-13-7-8-16(9-14(13)2)20-12-18(22-23-20)11-17-10-15-5-3-4-6-19(15)21(17)24/h3-9,11,18,22H,10,12H2,1-2H3/b17-11+. The molecule has 0 spiro atoms. The highest BCUT2D eigenvalue weighted by Crippen LogP contribution is 2.27. The van der Waals surface area contributed by atoms with Gasteiger partial charge in [-0.05, 0) is 42.2 Å². The van der Waals surface area contributed by atoms with Crippen LogP contribution in [0.25, 0.3) is 0 Å². The third-order valence-corrected chi connectivity index (χ3v) is 4.96. The number of rotatable bonds is 2. The number of Topliss-reactive ketones (excluding diaryl/α,β-unsaturated/α-hetero) is 1. The lowest BCUT2D eigenvalue weighted by atomic mass is 9.98. The molecule has 0 amide bonds. The Morgan fingerprint density at radius 2 is 1.96 bits per heavy atom. The van der Waals surface area contributed by atoms with Gasteiger partial charge < -0.3 is 5.43 Å². The van der Waals surface area contributed by atoms with E-state index in [1.54, 1.807) is 0 Å². The predicted molar refractivity (Wildman–Crippen MR) is 96.6 cm³/mol. The summed E-state index contributed by atoms with van der Waals surface area (Å²) < 4.78 is 0. The zero-order chi connectivity index (χ0) is 16.7. The largest absolute Gasteiger partial charge is 0.302 e. The summed E-state index contributed by atoms with van der Waals surface area (Å²) in [6, 6.07) is 14.4. The van der Waals surface area contributed by atoms with E-state index < -0.39 is 0 Å². The van der Waals surface area contributed by atoms with Crippen LogP contribution >= 0.6 is 0 Å². The van der Waals surface area contributed by atoms with Crippen LogP contribution in [0.5, 0.6) is 0 Å². The zero-order valence-corrected chi connectivity index (χ0v) is 14.0. The smallest absolute Gasteiger partial charge is 0.189 e. The lowest BCUT2D eigenvalue weighted by Gasteiger charge is -2.06. The van der Waals surface area contributed by atoms with Gasteiger partial charge in [-0.1, -0.05) is 42.5 Å². The molecule has 3 heteroatoms. The maximum absolute atomic E-state index is 12.5. The molecule has 1 aliphatic carbocycles. The lowest BCUT2D eigenvalue weighted by molar-refractivity contribution is 0.103. The molecule has 0 saturated heterocycles. The zero-order valence-electron chi connectivity index (χ0n) is 14.0. The third-order valence-electron chi connectivity index (χ3n) is 4.96. The first-order valence-electron chi connectivity index (χ1n) is 8.35. The van der Waals surface area contributed by atoms with Crippen molar-refractivity contribution >= 4 is 11.5 Å². The second-order valence-electron chi connectivity index (χ2n) is 6.65. The number of ketones is 1. The summed E-state index contributed by atoms with van der Waals surface area (Å²) in [5, 5.41) is 4.49. The second-order valence-corrected chi connectivity index (χ2v) is 6.65. The summed E-state index contributed by atoms with van der Waals surface area (Å²) in [5.41, 5.74) is 10.8. The molecule has 0 bridgehead atoms. The van der Waals surface area contributed by atoms with Crippen LogP contribution in [0.3, 0.4) is 0 Å². The van der Waals surface area contributed by atoms with Gasteiger partial charge in [0.25, 0.3) is 0 Å². The van der Waals surface area contributed by atoms with Crippen molar-refractivity contribution in [1.29, 1.82) is 0 Å². The van der Waals surface area contributed by atoms with Crippen LogP contribution in [-0.4, -0.2) is 17.5 Å². The Balaban J connectivity index is 1.51. The number of hydrazone groups is 1. The van der Waals surface area contributed by atoms with Crippen molar-refractivity contribution in [2.24, 2.45) is 5.10 Å². The fraction of sp³-hybridized carbons (Fsp3) is 0.238. The molecule has 24 heavy (non-hydrogen) atoms. The number of benzene rings is 2. The van der Waals surface area contributed by atoms with Crippen molar-refractivity contribution in [3.8, 4) is 0 Å². The number of fused-ring (bicyclic) bond motifs is 1. The van der Waals surface area contributed by atoms with Gasteiger partial charge >= 0.3 is 0 Å². The Morgan fingerprint density at radius 3 is 2.75 bits per heavy atom. The number of hydrogen-bond donors (Lipinski definition) is 1. The molecule has 1 N–H and O–H groups in total. The highest BCUT2D eigenvalue weighted by atomic mass is 16.1. The molecule has 2 aliphatic rings. The Kier molecular flexibility index (Phi) is 3.57. The topological polar surface area (TPSA) is 41.5 Å². The van der Waals surface area contributed by atoms with E-state index in [-0.39, 0.29) is 11.8 Å². The molecule has 4 rings (SSSR count). The van der Waals surface area contributed by atoms with Crippen LogP contribution in [0.15, 0.2) is 59.2 Å². The minimum Gasteiger partial charge on any atom is -0.302 e. The molecule has 2 aromatic carbocycles. The number of nitrogens with zero attached hydrogens (tertiary/aromatic N) is 1. The van der Waals surface area contributed by atoms with E-state index in [4.69, 9.17) is 0 Å². The maximum Gasteiger partial charge on any atom is 0.189 e. The first-order chi connectivity index (χ1) is 11.6. The van der Waals surface area contributed by atoms with Crippen LogP contribution in [0, 0.1) is 13.8 Å². The molecule has 2 aromatic rings. The van der Waals surface area contributed by atoms with Crippen molar-refractivity contribution in [2.75, 3.05) is 0 Å². The Labute approximate surface area is 142 Å². The van der Waals surface area contributed by atoms with E-state index in [2.05, 4.69) is 48.6 Å². The fourth-order valence-corrected chi connectivity index (χ4v) is 3.39. The van der Waals surface area contributed by atoms with E-state index in [0.717, 1.165) is 40.8 Å². The van der Waals surface area contributed by atoms with Crippen LogP contribution < -0.4 is 5.43 Å². The van der Waals surface area contributed by atoms with Gasteiger partial charge in [-0.25, -0.2) is 0 Å². The number of allylic oxidation sites excluding steroid dienone is 1. The van der Waals surface area contributed by atoms with Crippen LogP contribution in [0.4, 0.5) is 0 Å². The summed E-state index contributed by atoms with van der Waals surface area (Å²) in [6.07, 6.45) is 3.60. The molecule has 1 unspecified atom stereocenters. The molecule has 0 saturated carbocycles. The highest BCUT2D eigenvalue weighted by Gasteiger charge is 2.26. The molecule has 1 atom stereocenters. The van der Waals surface area contributed by atoms with Gasteiger partial charge in [-0.15, -0.1) is 0 Å². The number of hydrogen-bond acceptors (Lipinski definition) is 3. The Bertz CT molecular complexity index is 892. The molecule has 0 aromatic heterocycles. The van der Waals surface area contributed by atoms with E-state index >= 15 is 0 Å². The van der Waals surface area contributed by atoms with E-state index in [1.807, 2.05) is 24.3 Å². The van der Waals surface area contributed by atoms with E-state index in [0.29, 0.717) is 0 Å². The quantitative estimate of drug-likeness (QED) is 0.858. The van der Waals surface area contributed by atoms with Crippen molar-refractivity contribution in [1.82, 2.24) is 5.43 Å². The summed E-state index contributed by atoms with van der Waals surface area (Å²) in [4.78, 5) is 12.5. The molecular formula is C21H20N2O. The Morgan fingerprint density at radius 1 is 1.12 bits per heavy atom. The lowest BCUT2D eigenvalue weighted by Crippen LogP contribution is -2.18. The number of aryl methyl sites for hydroxylation is 2.